The van der Waals surface area contributed by atoms with Crippen LogP contribution in [0.3, 0.4) is 0 Å². The second-order valence-corrected chi connectivity index (χ2v) is 9.84. The molecule has 1 atom stereocenters. The third kappa shape index (κ3) is 5.87. The monoisotopic (exact) mass is 456 g/mol. The molecule has 0 aliphatic rings. The van der Waals surface area contributed by atoms with Crippen LogP contribution < -0.4 is 9.62 Å². The molecule has 162 valence electrons. The minimum atomic E-state index is -3.70. The molecule has 7 heteroatoms. The molecule has 0 saturated carbocycles. The molecule has 3 aromatic carbocycles. The van der Waals surface area contributed by atoms with Crippen molar-refractivity contribution in [2.45, 2.75) is 19.9 Å². The Labute approximate surface area is 188 Å². The number of sulfonamides is 1. The van der Waals surface area contributed by atoms with Gasteiger partial charge >= 0.3 is 0 Å². The molecule has 0 aliphatic carbocycles. The lowest BCUT2D eigenvalue weighted by atomic mass is 9.98. The van der Waals surface area contributed by atoms with Crippen LogP contribution in [-0.4, -0.2) is 27.1 Å². The highest BCUT2D eigenvalue weighted by Gasteiger charge is 2.24. The molecule has 0 unspecified atom stereocenters. The molecule has 0 bridgehead atoms. The van der Waals surface area contributed by atoms with Gasteiger partial charge in [-0.1, -0.05) is 77.8 Å². The normalized spacial score (nSPS) is 12.3. The molecular weight excluding hydrogens is 432 g/mol. The van der Waals surface area contributed by atoms with Crippen LogP contribution in [0, 0.1) is 13.8 Å². The number of hydrogen-bond donors (Lipinski definition) is 1. The van der Waals surface area contributed by atoms with Crippen molar-refractivity contribution >= 4 is 33.2 Å². The third-order valence-corrected chi connectivity index (χ3v) is 6.53. The van der Waals surface area contributed by atoms with Crippen LogP contribution in [0.15, 0.2) is 72.8 Å². The standard InChI is InChI=1S/C24H25ClN2O3S/c1-17-9-12-20(13-10-17)24(19-7-5-4-6-8-19)26-23(28)16-27(31(3,29)30)21-14-11-18(2)22(25)15-21/h4-15,24H,16H2,1-3H3,(H,26,28)/t24-/m0/s1. The summed E-state index contributed by atoms with van der Waals surface area (Å²) in [5.74, 6) is -0.420. The molecule has 0 heterocycles. The van der Waals surface area contributed by atoms with Gasteiger partial charge in [0.05, 0.1) is 18.0 Å². The zero-order chi connectivity index (χ0) is 22.6. The largest absolute Gasteiger partial charge is 0.344 e. The van der Waals surface area contributed by atoms with Crippen LogP contribution >= 0.6 is 11.6 Å². The van der Waals surface area contributed by atoms with Gasteiger partial charge < -0.3 is 5.32 Å². The number of rotatable bonds is 7. The molecule has 0 radical (unpaired) electrons. The van der Waals surface area contributed by atoms with Crippen LogP contribution in [0.25, 0.3) is 0 Å². The Morgan fingerprint density at radius 1 is 0.968 bits per heavy atom. The van der Waals surface area contributed by atoms with Crippen LogP contribution in [0.1, 0.15) is 28.3 Å². The van der Waals surface area contributed by atoms with Crippen LogP contribution in [-0.2, 0) is 14.8 Å². The minimum absolute atomic E-state index is 0.347. The molecule has 31 heavy (non-hydrogen) atoms. The summed E-state index contributed by atoms with van der Waals surface area (Å²) in [6, 6.07) is 22.0. The summed E-state index contributed by atoms with van der Waals surface area (Å²) in [5, 5.41) is 3.43. The van der Waals surface area contributed by atoms with Gasteiger partial charge in [0.15, 0.2) is 0 Å². The van der Waals surface area contributed by atoms with Gasteiger partial charge in [-0.15, -0.1) is 0 Å². The second-order valence-electron chi connectivity index (χ2n) is 7.53. The lowest BCUT2D eigenvalue weighted by molar-refractivity contribution is -0.120. The van der Waals surface area contributed by atoms with Crippen molar-refractivity contribution in [2.75, 3.05) is 17.1 Å². The first kappa shape index (κ1) is 22.8. The smallest absolute Gasteiger partial charge is 0.241 e. The van der Waals surface area contributed by atoms with E-state index in [9.17, 15) is 13.2 Å². The molecular formula is C24H25ClN2O3S. The fourth-order valence-corrected chi connectivity index (χ4v) is 4.26. The van der Waals surface area contributed by atoms with Crippen molar-refractivity contribution in [1.82, 2.24) is 5.32 Å². The molecule has 3 aromatic rings. The van der Waals surface area contributed by atoms with E-state index < -0.39 is 22.0 Å². The van der Waals surface area contributed by atoms with Crippen LogP contribution in [0.4, 0.5) is 5.69 Å². The van der Waals surface area contributed by atoms with E-state index in [-0.39, 0.29) is 6.54 Å². The van der Waals surface area contributed by atoms with E-state index in [4.69, 9.17) is 11.6 Å². The van der Waals surface area contributed by atoms with Gasteiger partial charge in [-0.05, 0) is 42.7 Å². The second kappa shape index (κ2) is 9.54. The summed E-state index contributed by atoms with van der Waals surface area (Å²) >= 11 is 6.18. The van der Waals surface area contributed by atoms with E-state index in [0.29, 0.717) is 10.7 Å². The third-order valence-electron chi connectivity index (χ3n) is 4.98. The summed E-state index contributed by atoms with van der Waals surface area (Å²) in [4.78, 5) is 13.0. The summed E-state index contributed by atoms with van der Waals surface area (Å²) < 4.78 is 25.9. The van der Waals surface area contributed by atoms with E-state index in [1.165, 1.54) is 0 Å². The number of nitrogens with one attached hydrogen (secondary N) is 1. The van der Waals surface area contributed by atoms with Crippen molar-refractivity contribution in [1.29, 1.82) is 0 Å². The van der Waals surface area contributed by atoms with E-state index in [2.05, 4.69) is 5.32 Å². The number of aryl methyl sites for hydroxylation is 2. The van der Waals surface area contributed by atoms with E-state index in [1.54, 1.807) is 18.2 Å². The first-order valence-corrected chi connectivity index (χ1v) is 12.0. The number of carbonyl (C=O) groups excluding carboxylic acids is 1. The van der Waals surface area contributed by atoms with Gasteiger partial charge in [0, 0.05) is 5.02 Å². The number of halogens is 1. The first-order valence-electron chi connectivity index (χ1n) is 9.80. The van der Waals surface area contributed by atoms with Crippen molar-refractivity contribution in [3.05, 3.63) is 100 Å². The van der Waals surface area contributed by atoms with Gasteiger partial charge in [0.2, 0.25) is 15.9 Å². The van der Waals surface area contributed by atoms with Crippen LogP contribution in [0.2, 0.25) is 5.02 Å². The maximum Gasteiger partial charge on any atom is 0.241 e. The van der Waals surface area contributed by atoms with E-state index >= 15 is 0 Å². The maximum atomic E-state index is 13.0. The highest BCUT2D eigenvalue weighted by molar-refractivity contribution is 7.92. The SMILES string of the molecule is Cc1ccc([C@@H](NC(=O)CN(c2ccc(C)c(Cl)c2)S(C)(=O)=O)c2ccccc2)cc1. The molecule has 0 aromatic heterocycles. The molecule has 0 saturated heterocycles. The van der Waals surface area contributed by atoms with Crippen molar-refractivity contribution < 1.29 is 13.2 Å². The van der Waals surface area contributed by atoms with Gasteiger partial charge in [-0.3, -0.25) is 9.10 Å². The molecule has 0 fully saturated rings. The van der Waals surface area contributed by atoms with Crippen LogP contribution in [0.5, 0.6) is 0 Å². The highest BCUT2D eigenvalue weighted by atomic mass is 35.5. The summed E-state index contributed by atoms with van der Waals surface area (Å²) in [7, 11) is -3.70. The highest BCUT2D eigenvalue weighted by Crippen LogP contribution is 2.26. The molecule has 0 aliphatic heterocycles. The van der Waals surface area contributed by atoms with Gasteiger partial charge in [-0.2, -0.15) is 0 Å². The predicted octanol–water partition coefficient (Wildman–Crippen LogP) is 4.63. The fourth-order valence-electron chi connectivity index (χ4n) is 3.24. The predicted molar refractivity (Wildman–Crippen MR) is 126 cm³/mol. The van der Waals surface area contributed by atoms with Crippen molar-refractivity contribution in [3.8, 4) is 0 Å². The number of amides is 1. The Morgan fingerprint density at radius 2 is 1.58 bits per heavy atom. The zero-order valence-corrected chi connectivity index (χ0v) is 19.2. The Hall–Kier alpha value is -2.83. The summed E-state index contributed by atoms with van der Waals surface area (Å²) in [6.45, 7) is 3.47. The van der Waals surface area contributed by atoms with E-state index in [1.807, 2.05) is 68.4 Å². The Morgan fingerprint density at radius 3 is 2.16 bits per heavy atom. The average Bonchev–Trinajstić information content (AvgIpc) is 2.73. The van der Waals surface area contributed by atoms with Crippen molar-refractivity contribution in [3.63, 3.8) is 0 Å². The number of hydrogen-bond acceptors (Lipinski definition) is 3. The Bertz CT molecular complexity index is 1160. The number of carbonyl (C=O) groups is 1. The van der Waals surface area contributed by atoms with Gasteiger partial charge in [0.1, 0.15) is 6.54 Å². The average molecular weight is 457 g/mol. The topological polar surface area (TPSA) is 66.5 Å². The molecule has 1 amide bonds. The fraction of sp³-hybridized carbons (Fsp3) is 0.208. The summed E-state index contributed by atoms with van der Waals surface area (Å²) in [5.41, 5.74) is 4.10. The summed E-state index contributed by atoms with van der Waals surface area (Å²) in [6.07, 6.45) is 1.07. The van der Waals surface area contributed by atoms with Crippen molar-refractivity contribution in [2.24, 2.45) is 0 Å². The number of anilines is 1. The Kier molecular flexibility index (Phi) is 7.03. The number of nitrogens with zero attached hydrogens (tertiary/aromatic N) is 1. The quantitative estimate of drug-likeness (QED) is 0.563. The lowest BCUT2D eigenvalue weighted by Gasteiger charge is -2.25. The molecule has 1 N–H and O–H groups in total. The van der Waals surface area contributed by atoms with E-state index in [0.717, 1.165) is 32.8 Å². The first-order chi connectivity index (χ1) is 14.6. The molecule has 5 nitrogen and oxygen atoms in total. The van der Waals surface area contributed by atoms with Gasteiger partial charge in [-0.25, -0.2) is 8.42 Å². The zero-order valence-electron chi connectivity index (χ0n) is 17.7. The lowest BCUT2D eigenvalue weighted by Crippen LogP contribution is -2.41. The Balaban J connectivity index is 1.89. The number of benzene rings is 3. The maximum absolute atomic E-state index is 13.0. The molecule has 0 spiro atoms. The van der Waals surface area contributed by atoms with Gasteiger partial charge in [0.25, 0.3) is 0 Å². The minimum Gasteiger partial charge on any atom is -0.344 e. The molecule has 3 rings (SSSR count).